The zero-order valence-corrected chi connectivity index (χ0v) is 9.20. The molecule has 0 bridgehead atoms. The van der Waals surface area contributed by atoms with Crippen LogP contribution in [0.15, 0.2) is 18.3 Å². The molecule has 0 fully saturated rings. The molecule has 0 aliphatic rings. The van der Waals surface area contributed by atoms with E-state index in [1.54, 1.807) is 10.5 Å². The minimum absolute atomic E-state index is 0.150. The van der Waals surface area contributed by atoms with Crippen LogP contribution in [0.3, 0.4) is 0 Å². The highest BCUT2D eigenvalue weighted by Gasteiger charge is 2.08. The summed E-state index contributed by atoms with van der Waals surface area (Å²) >= 11 is 0. The van der Waals surface area contributed by atoms with Crippen LogP contribution in [0.1, 0.15) is 29.0 Å². The first-order valence-electron chi connectivity index (χ1n) is 5.40. The average molecular weight is 235 g/mol. The van der Waals surface area contributed by atoms with Crippen molar-refractivity contribution in [2.24, 2.45) is 0 Å². The van der Waals surface area contributed by atoms with E-state index >= 15 is 0 Å². The summed E-state index contributed by atoms with van der Waals surface area (Å²) in [4.78, 5) is 10.9. The molecule has 2 aromatic heterocycles. The molecule has 17 heavy (non-hydrogen) atoms. The summed E-state index contributed by atoms with van der Waals surface area (Å²) in [5.41, 5.74) is 0.842. The molecule has 6 heteroatoms. The lowest BCUT2D eigenvalue weighted by molar-refractivity contribution is 0.0696. The van der Waals surface area contributed by atoms with Gasteiger partial charge in [0.1, 0.15) is 5.82 Å². The number of aromatic carboxylic acids is 1. The maximum absolute atomic E-state index is 10.9. The Labute approximate surface area is 97.5 Å². The number of hydrogen-bond acceptors (Lipinski definition) is 4. The fourth-order valence-corrected chi connectivity index (χ4v) is 1.63. The van der Waals surface area contributed by atoms with Crippen LogP contribution < -0.4 is 0 Å². The number of aryl methyl sites for hydroxylation is 1. The lowest BCUT2D eigenvalue weighted by Gasteiger charge is -2.00. The lowest BCUT2D eigenvalue weighted by atomic mass is 10.2. The zero-order chi connectivity index (χ0) is 12.3. The summed E-state index contributed by atoms with van der Waals surface area (Å²) < 4.78 is 1.68. The van der Waals surface area contributed by atoms with Crippen LogP contribution in [-0.4, -0.2) is 37.4 Å². The predicted molar refractivity (Wildman–Crippen MR) is 60.0 cm³/mol. The quantitative estimate of drug-likeness (QED) is 0.746. The molecular weight excluding hydrogens is 222 g/mol. The van der Waals surface area contributed by atoms with Gasteiger partial charge in [-0.1, -0.05) is 0 Å². The second kappa shape index (κ2) is 4.92. The normalized spacial score (nSPS) is 10.9. The Balaban J connectivity index is 2.30. The molecule has 0 atom stereocenters. The number of carboxylic acid groups (broad SMARTS) is 1. The SMILES string of the molecule is O=C(O)c1ccc2nnc(CCCCO)n2c1. The van der Waals surface area contributed by atoms with Crippen LogP contribution >= 0.6 is 0 Å². The number of carboxylic acids is 1. The third-order valence-electron chi connectivity index (χ3n) is 2.53. The molecular formula is C11H13N3O3. The Morgan fingerprint density at radius 2 is 2.12 bits per heavy atom. The van der Waals surface area contributed by atoms with Crippen molar-refractivity contribution in [1.29, 1.82) is 0 Å². The van der Waals surface area contributed by atoms with E-state index in [2.05, 4.69) is 10.2 Å². The van der Waals surface area contributed by atoms with Crippen molar-refractivity contribution in [1.82, 2.24) is 14.6 Å². The van der Waals surface area contributed by atoms with E-state index in [1.807, 2.05) is 0 Å². The maximum atomic E-state index is 10.9. The summed E-state index contributed by atoms with van der Waals surface area (Å²) in [6.07, 6.45) is 3.69. The van der Waals surface area contributed by atoms with Crippen molar-refractivity contribution >= 4 is 11.6 Å². The van der Waals surface area contributed by atoms with Crippen molar-refractivity contribution < 1.29 is 15.0 Å². The van der Waals surface area contributed by atoms with Crippen molar-refractivity contribution in [2.75, 3.05) is 6.61 Å². The van der Waals surface area contributed by atoms with Gasteiger partial charge in [0, 0.05) is 19.2 Å². The summed E-state index contributed by atoms with van der Waals surface area (Å²) in [6.45, 7) is 0.150. The molecule has 0 radical (unpaired) electrons. The Morgan fingerprint density at radius 3 is 2.82 bits per heavy atom. The van der Waals surface area contributed by atoms with E-state index in [0.29, 0.717) is 18.5 Å². The minimum atomic E-state index is -0.970. The smallest absolute Gasteiger partial charge is 0.337 e. The number of aliphatic hydroxyl groups is 1. The summed E-state index contributed by atoms with van der Waals surface area (Å²) in [6, 6.07) is 3.13. The van der Waals surface area contributed by atoms with Gasteiger partial charge in [-0.25, -0.2) is 4.79 Å². The molecule has 0 amide bonds. The van der Waals surface area contributed by atoms with E-state index in [-0.39, 0.29) is 12.2 Å². The Bertz CT molecular complexity index is 536. The van der Waals surface area contributed by atoms with E-state index in [4.69, 9.17) is 10.2 Å². The Morgan fingerprint density at radius 1 is 1.29 bits per heavy atom. The van der Waals surface area contributed by atoms with Gasteiger partial charge in [-0.3, -0.25) is 4.40 Å². The summed E-state index contributed by atoms with van der Waals surface area (Å²) in [5.74, 6) is -0.251. The third-order valence-corrected chi connectivity index (χ3v) is 2.53. The molecule has 2 N–H and O–H groups in total. The summed E-state index contributed by atoms with van der Waals surface area (Å²) in [7, 11) is 0. The van der Waals surface area contributed by atoms with Crippen LogP contribution in [0.2, 0.25) is 0 Å². The Kier molecular flexibility index (Phi) is 3.34. The lowest BCUT2D eigenvalue weighted by Crippen LogP contribution is -2.01. The highest BCUT2D eigenvalue weighted by molar-refractivity contribution is 5.87. The number of aromatic nitrogens is 3. The van der Waals surface area contributed by atoms with Crippen molar-refractivity contribution in [2.45, 2.75) is 19.3 Å². The van der Waals surface area contributed by atoms with Crippen LogP contribution in [-0.2, 0) is 6.42 Å². The van der Waals surface area contributed by atoms with Gasteiger partial charge in [-0.05, 0) is 25.0 Å². The second-order valence-electron chi connectivity index (χ2n) is 3.75. The van der Waals surface area contributed by atoms with Gasteiger partial charge in [-0.2, -0.15) is 0 Å². The van der Waals surface area contributed by atoms with E-state index < -0.39 is 5.97 Å². The van der Waals surface area contributed by atoms with Gasteiger partial charge >= 0.3 is 5.97 Å². The highest BCUT2D eigenvalue weighted by Crippen LogP contribution is 2.09. The standard InChI is InChI=1S/C11H13N3O3/c15-6-2-1-3-9-12-13-10-5-4-8(11(16)17)7-14(9)10/h4-5,7,15H,1-3,6H2,(H,16,17). The number of nitrogens with zero attached hydrogens (tertiary/aromatic N) is 3. The number of fused-ring (bicyclic) bond motifs is 1. The predicted octanol–water partition coefficient (Wildman–Crippen LogP) is 0.742. The van der Waals surface area contributed by atoms with Crippen molar-refractivity contribution in [3.8, 4) is 0 Å². The van der Waals surface area contributed by atoms with Gasteiger partial charge in [0.15, 0.2) is 5.65 Å². The van der Waals surface area contributed by atoms with Gasteiger partial charge in [0.2, 0.25) is 0 Å². The molecule has 0 aliphatic heterocycles. The topological polar surface area (TPSA) is 87.7 Å². The van der Waals surface area contributed by atoms with Crippen molar-refractivity contribution in [3.63, 3.8) is 0 Å². The maximum Gasteiger partial charge on any atom is 0.337 e. The highest BCUT2D eigenvalue weighted by atomic mass is 16.4. The average Bonchev–Trinajstić information content (AvgIpc) is 2.72. The van der Waals surface area contributed by atoms with Crippen LogP contribution in [0.4, 0.5) is 0 Å². The first-order valence-corrected chi connectivity index (χ1v) is 5.40. The van der Waals surface area contributed by atoms with E-state index in [9.17, 15) is 4.79 Å². The number of rotatable bonds is 5. The first kappa shape index (κ1) is 11.5. The molecule has 6 nitrogen and oxygen atoms in total. The molecule has 90 valence electrons. The second-order valence-corrected chi connectivity index (χ2v) is 3.75. The Hall–Kier alpha value is -1.95. The summed E-state index contributed by atoms with van der Waals surface area (Å²) in [5, 5.41) is 25.6. The van der Waals surface area contributed by atoms with Gasteiger partial charge in [0.25, 0.3) is 0 Å². The number of carbonyl (C=O) groups is 1. The molecule has 2 aromatic rings. The van der Waals surface area contributed by atoms with Crippen molar-refractivity contribution in [3.05, 3.63) is 29.7 Å². The number of aliphatic hydroxyl groups excluding tert-OH is 1. The molecule has 0 saturated carbocycles. The fraction of sp³-hybridized carbons (Fsp3) is 0.364. The van der Waals surface area contributed by atoms with E-state index in [1.165, 1.54) is 12.3 Å². The van der Waals surface area contributed by atoms with Crippen LogP contribution in [0.25, 0.3) is 5.65 Å². The molecule has 0 spiro atoms. The third kappa shape index (κ3) is 2.42. The molecule has 0 unspecified atom stereocenters. The molecule has 2 heterocycles. The van der Waals surface area contributed by atoms with Crippen LogP contribution in [0.5, 0.6) is 0 Å². The largest absolute Gasteiger partial charge is 0.478 e. The van der Waals surface area contributed by atoms with Gasteiger partial charge in [0.05, 0.1) is 5.56 Å². The minimum Gasteiger partial charge on any atom is -0.478 e. The number of hydrogen-bond donors (Lipinski definition) is 2. The first-order chi connectivity index (χ1) is 8.22. The molecule has 0 aliphatic carbocycles. The van der Waals surface area contributed by atoms with Gasteiger partial charge < -0.3 is 10.2 Å². The zero-order valence-electron chi connectivity index (χ0n) is 9.20. The number of pyridine rings is 1. The molecule has 0 saturated heterocycles. The number of unbranched alkanes of at least 4 members (excludes halogenated alkanes) is 1. The monoisotopic (exact) mass is 235 g/mol. The van der Waals surface area contributed by atoms with E-state index in [0.717, 1.165) is 12.2 Å². The van der Waals surface area contributed by atoms with Crippen LogP contribution in [0, 0.1) is 0 Å². The fourth-order valence-electron chi connectivity index (χ4n) is 1.63. The van der Waals surface area contributed by atoms with Gasteiger partial charge in [-0.15, -0.1) is 10.2 Å². The molecule has 2 rings (SSSR count). The molecule has 0 aromatic carbocycles.